The normalized spacial score (nSPS) is 26.8. The summed E-state index contributed by atoms with van der Waals surface area (Å²) in [5.74, 6) is 0.825. The monoisotopic (exact) mass is 263 g/mol. The van der Waals surface area contributed by atoms with Crippen molar-refractivity contribution in [2.75, 3.05) is 18.1 Å². The Balaban J connectivity index is 1.81. The smallest absolute Gasteiger partial charge is 0.287 e. The summed E-state index contributed by atoms with van der Waals surface area (Å²) >= 11 is 0. The molecule has 2 fully saturated rings. The largest absolute Gasteiger partial charge is 0.374 e. The first-order chi connectivity index (χ1) is 9.25. The van der Waals surface area contributed by atoms with Crippen molar-refractivity contribution in [1.29, 1.82) is 0 Å². The fraction of sp³-hybridized carbons (Fsp3) is 0.615. The van der Waals surface area contributed by atoms with Gasteiger partial charge in [0.1, 0.15) is 12.0 Å². The van der Waals surface area contributed by atoms with Crippen molar-refractivity contribution in [1.82, 2.24) is 4.98 Å². The second-order valence-electron chi connectivity index (χ2n) is 5.09. The molecule has 0 N–H and O–H groups in total. The number of morpholine rings is 1. The molecule has 6 nitrogen and oxygen atoms in total. The van der Waals surface area contributed by atoms with Crippen molar-refractivity contribution >= 4 is 11.5 Å². The number of hydrogen-bond donors (Lipinski definition) is 0. The summed E-state index contributed by atoms with van der Waals surface area (Å²) in [6.45, 7) is 1.52. The van der Waals surface area contributed by atoms with Gasteiger partial charge in [-0.15, -0.1) is 0 Å². The van der Waals surface area contributed by atoms with Crippen molar-refractivity contribution < 1.29 is 9.66 Å². The van der Waals surface area contributed by atoms with Gasteiger partial charge < -0.3 is 9.64 Å². The van der Waals surface area contributed by atoms with Gasteiger partial charge in [0.2, 0.25) is 0 Å². The predicted octanol–water partition coefficient (Wildman–Crippen LogP) is 2.14. The summed E-state index contributed by atoms with van der Waals surface area (Å²) in [5, 5.41) is 10.6. The molecule has 6 heteroatoms. The maximum absolute atomic E-state index is 10.6. The molecule has 102 valence electrons. The zero-order chi connectivity index (χ0) is 13.2. The second-order valence-corrected chi connectivity index (χ2v) is 5.09. The van der Waals surface area contributed by atoms with Gasteiger partial charge in [0.15, 0.2) is 0 Å². The Labute approximate surface area is 111 Å². The van der Waals surface area contributed by atoms with Crippen LogP contribution in [0.1, 0.15) is 25.7 Å². The van der Waals surface area contributed by atoms with Crippen molar-refractivity contribution in [2.45, 2.75) is 37.8 Å². The summed E-state index contributed by atoms with van der Waals surface area (Å²) in [7, 11) is 0. The van der Waals surface area contributed by atoms with Crippen LogP contribution < -0.4 is 4.90 Å². The lowest BCUT2D eigenvalue weighted by molar-refractivity contribution is -0.385. The number of fused-ring (bicyclic) bond motifs is 1. The molecule has 3 rings (SSSR count). The van der Waals surface area contributed by atoms with Crippen LogP contribution in [0.5, 0.6) is 0 Å². The molecule has 2 unspecified atom stereocenters. The third kappa shape index (κ3) is 2.40. The summed E-state index contributed by atoms with van der Waals surface area (Å²) in [6, 6.07) is 3.64. The van der Waals surface area contributed by atoms with Gasteiger partial charge in [-0.1, -0.05) is 12.8 Å². The quantitative estimate of drug-likeness (QED) is 0.604. The van der Waals surface area contributed by atoms with Crippen molar-refractivity contribution in [3.05, 3.63) is 28.4 Å². The van der Waals surface area contributed by atoms with E-state index in [1.54, 1.807) is 6.07 Å². The number of hydrogen-bond acceptors (Lipinski definition) is 5. The van der Waals surface area contributed by atoms with Gasteiger partial charge in [-0.25, -0.2) is 4.98 Å². The Morgan fingerprint density at radius 1 is 1.37 bits per heavy atom. The van der Waals surface area contributed by atoms with Crippen LogP contribution >= 0.6 is 0 Å². The number of aromatic nitrogens is 1. The van der Waals surface area contributed by atoms with Gasteiger partial charge in [-0.2, -0.15) is 0 Å². The highest BCUT2D eigenvalue weighted by Gasteiger charge is 2.34. The minimum absolute atomic E-state index is 0.0391. The third-order valence-corrected chi connectivity index (χ3v) is 3.97. The van der Waals surface area contributed by atoms with E-state index in [0.29, 0.717) is 18.8 Å². The van der Waals surface area contributed by atoms with E-state index < -0.39 is 4.92 Å². The fourth-order valence-corrected chi connectivity index (χ4v) is 3.04. The molecule has 2 atom stereocenters. The minimum Gasteiger partial charge on any atom is -0.374 e. The molecular weight excluding hydrogens is 246 g/mol. The fourth-order valence-electron chi connectivity index (χ4n) is 3.04. The van der Waals surface area contributed by atoms with Crippen LogP contribution in [-0.2, 0) is 4.74 Å². The lowest BCUT2D eigenvalue weighted by Crippen LogP contribution is -2.53. The Kier molecular flexibility index (Phi) is 3.33. The topological polar surface area (TPSA) is 68.5 Å². The summed E-state index contributed by atoms with van der Waals surface area (Å²) in [6.07, 6.45) is 6.29. The molecule has 1 aromatic rings. The molecule has 0 amide bonds. The van der Waals surface area contributed by atoms with Gasteiger partial charge in [-0.05, 0) is 18.9 Å². The molecule has 2 aliphatic rings. The van der Waals surface area contributed by atoms with E-state index in [0.717, 1.165) is 25.2 Å². The molecule has 1 saturated heterocycles. The van der Waals surface area contributed by atoms with Crippen LogP contribution in [0.25, 0.3) is 0 Å². The molecule has 1 aliphatic carbocycles. The highest BCUT2D eigenvalue weighted by atomic mass is 16.6. The summed E-state index contributed by atoms with van der Waals surface area (Å²) in [4.78, 5) is 16.7. The van der Waals surface area contributed by atoms with E-state index in [9.17, 15) is 10.1 Å². The molecule has 19 heavy (non-hydrogen) atoms. The van der Waals surface area contributed by atoms with E-state index in [1.807, 2.05) is 0 Å². The average Bonchev–Trinajstić information content (AvgIpc) is 2.47. The van der Waals surface area contributed by atoms with Gasteiger partial charge in [0, 0.05) is 12.6 Å². The van der Waals surface area contributed by atoms with E-state index in [2.05, 4.69) is 9.88 Å². The Bertz CT molecular complexity index is 461. The highest BCUT2D eigenvalue weighted by molar-refractivity contribution is 5.44. The number of pyridine rings is 1. The standard InChI is InChI=1S/C13H17N3O3/c17-16(18)10-5-6-13(14-9-10)15-7-8-19-12-4-2-1-3-11(12)15/h5-6,9,11-12H,1-4,7-8H2. The molecule has 0 radical (unpaired) electrons. The average molecular weight is 263 g/mol. The molecule has 0 aromatic carbocycles. The maximum atomic E-state index is 10.6. The summed E-state index contributed by atoms with van der Waals surface area (Å²) in [5.41, 5.74) is 0.0391. The number of rotatable bonds is 2. The predicted molar refractivity (Wildman–Crippen MR) is 70.2 cm³/mol. The first-order valence-corrected chi connectivity index (χ1v) is 6.74. The van der Waals surface area contributed by atoms with Crippen LogP contribution in [0.2, 0.25) is 0 Å². The zero-order valence-electron chi connectivity index (χ0n) is 10.7. The molecule has 2 heterocycles. The number of anilines is 1. The zero-order valence-corrected chi connectivity index (χ0v) is 10.7. The van der Waals surface area contributed by atoms with E-state index in [4.69, 9.17) is 4.74 Å². The first kappa shape index (κ1) is 12.3. The van der Waals surface area contributed by atoms with Crippen LogP contribution in [0.3, 0.4) is 0 Å². The minimum atomic E-state index is -0.417. The van der Waals surface area contributed by atoms with Crippen LogP contribution in [0.4, 0.5) is 11.5 Å². The maximum Gasteiger partial charge on any atom is 0.287 e. The summed E-state index contributed by atoms with van der Waals surface area (Å²) < 4.78 is 5.82. The van der Waals surface area contributed by atoms with Crippen molar-refractivity contribution in [3.8, 4) is 0 Å². The number of nitro groups is 1. The van der Waals surface area contributed by atoms with Gasteiger partial charge in [0.05, 0.1) is 23.7 Å². The molecule has 1 aromatic heterocycles. The Morgan fingerprint density at radius 3 is 2.95 bits per heavy atom. The van der Waals surface area contributed by atoms with Gasteiger partial charge in [0.25, 0.3) is 5.69 Å². The molecular formula is C13H17N3O3. The van der Waals surface area contributed by atoms with Crippen LogP contribution in [0.15, 0.2) is 18.3 Å². The molecule has 1 aliphatic heterocycles. The SMILES string of the molecule is O=[N+]([O-])c1ccc(N2CCOC3CCCCC32)nc1. The lowest BCUT2D eigenvalue weighted by atomic mass is 9.90. The number of ether oxygens (including phenoxy) is 1. The van der Waals surface area contributed by atoms with Gasteiger partial charge in [-0.3, -0.25) is 10.1 Å². The van der Waals surface area contributed by atoms with Gasteiger partial charge >= 0.3 is 0 Å². The highest BCUT2D eigenvalue weighted by Crippen LogP contribution is 2.31. The van der Waals surface area contributed by atoms with Crippen molar-refractivity contribution in [3.63, 3.8) is 0 Å². The molecule has 0 bridgehead atoms. The van der Waals surface area contributed by atoms with Crippen LogP contribution in [0, 0.1) is 10.1 Å². The van der Waals surface area contributed by atoms with E-state index in [1.165, 1.54) is 25.1 Å². The Hall–Kier alpha value is -1.69. The molecule has 0 spiro atoms. The van der Waals surface area contributed by atoms with E-state index >= 15 is 0 Å². The lowest BCUT2D eigenvalue weighted by Gasteiger charge is -2.44. The first-order valence-electron chi connectivity index (χ1n) is 6.74. The third-order valence-electron chi connectivity index (χ3n) is 3.97. The van der Waals surface area contributed by atoms with Crippen molar-refractivity contribution in [2.24, 2.45) is 0 Å². The second kappa shape index (κ2) is 5.13. The number of nitrogens with zero attached hydrogens (tertiary/aromatic N) is 3. The van der Waals surface area contributed by atoms with E-state index in [-0.39, 0.29) is 5.69 Å². The van der Waals surface area contributed by atoms with Crippen LogP contribution in [-0.4, -0.2) is 35.2 Å². The molecule has 1 saturated carbocycles. The Morgan fingerprint density at radius 2 is 2.21 bits per heavy atom.